The second-order valence-electron chi connectivity index (χ2n) is 5.65. The van der Waals surface area contributed by atoms with Crippen LogP contribution in [0.25, 0.3) is 0 Å². The minimum absolute atomic E-state index is 0.250. The summed E-state index contributed by atoms with van der Waals surface area (Å²) in [5.41, 5.74) is 3.47. The predicted octanol–water partition coefficient (Wildman–Crippen LogP) is 2.77. The summed E-state index contributed by atoms with van der Waals surface area (Å²) in [5, 5.41) is 8.84. The zero-order chi connectivity index (χ0) is 15.4. The first-order valence-electron chi connectivity index (χ1n) is 7.09. The molecule has 1 heterocycles. The summed E-state index contributed by atoms with van der Waals surface area (Å²) in [7, 11) is 6.13. The highest BCUT2D eigenvalue weighted by atomic mass is 35.5. The summed E-state index contributed by atoms with van der Waals surface area (Å²) in [5.74, 6) is 0. The lowest BCUT2D eigenvalue weighted by molar-refractivity contribution is 0.339. The van der Waals surface area contributed by atoms with Gasteiger partial charge in [-0.3, -0.25) is 4.68 Å². The average Bonchev–Trinajstić information content (AvgIpc) is 2.74. The number of halogens is 1. The van der Waals surface area contributed by atoms with Crippen molar-refractivity contribution < 1.29 is 0 Å². The van der Waals surface area contributed by atoms with Crippen molar-refractivity contribution in [2.45, 2.75) is 19.5 Å². The van der Waals surface area contributed by atoms with E-state index in [1.807, 2.05) is 23.9 Å². The monoisotopic (exact) mass is 306 g/mol. The van der Waals surface area contributed by atoms with Crippen LogP contribution in [-0.2, 0) is 13.6 Å². The summed E-state index contributed by atoms with van der Waals surface area (Å²) < 4.78 is 1.90. The number of hydrogen-bond acceptors (Lipinski definition) is 3. The Balaban J connectivity index is 2.07. The van der Waals surface area contributed by atoms with Crippen LogP contribution in [0.5, 0.6) is 0 Å². The molecule has 0 aliphatic carbocycles. The minimum atomic E-state index is 0.250. The maximum Gasteiger partial charge on any atom is 0.0765 e. The molecule has 114 valence electrons. The first-order valence-corrected chi connectivity index (χ1v) is 7.46. The Morgan fingerprint density at radius 1 is 1.29 bits per heavy atom. The van der Waals surface area contributed by atoms with Crippen LogP contribution in [0.2, 0.25) is 5.02 Å². The Hall–Kier alpha value is -1.36. The molecule has 5 heteroatoms. The van der Waals surface area contributed by atoms with E-state index < -0.39 is 0 Å². The van der Waals surface area contributed by atoms with Crippen LogP contribution in [-0.4, -0.2) is 35.3 Å². The van der Waals surface area contributed by atoms with Crippen molar-refractivity contribution >= 4 is 11.6 Å². The van der Waals surface area contributed by atoms with Gasteiger partial charge in [0.2, 0.25) is 0 Å². The Kier molecular flexibility index (Phi) is 5.39. The van der Waals surface area contributed by atoms with E-state index in [1.54, 1.807) is 0 Å². The molecule has 0 aliphatic heterocycles. The molecule has 1 unspecified atom stereocenters. The van der Waals surface area contributed by atoms with Crippen molar-refractivity contribution in [2.75, 3.05) is 20.6 Å². The highest BCUT2D eigenvalue weighted by Gasteiger charge is 2.13. The molecule has 2 rings (SSSR count). The van der Waals surface area contributed by atoms with E-state index in [-0.39, 0.29) is 6.04 Å². The van der Waals surface area contributed by atoms with Gasteiger partial charge in [0.25, 0.3) is 0 Å². The van der Waals surface area contributed by atoms with Gasteiger partial charge in [-0.1, -0.05) is 23.7 Å². The third-order valence-electron chi connectivity index (χ3n) is 3.51. The maximum atomic E-state index is 5.97. The highest BCUT2D eigenvalue weighted by molar-refractivity contribution is 6.30. The van der Waals surface area contributed by atoms with Gasteiger partial charge in [-0.25, -0.2) is 0 Å². The molecular weight excluding hydrogens is 284 g/mol. The lowest BCUT2D eigenvalue weighted by atomic mass is 10.1. The molecule has 0 bridgehead atoms. The van der Waals surface area contributed by atoms with Crippen molar-refractivity contribution in [1.29, 1.82) is 0 Å². The van der Waals surface area contributed by atoms with Crippen LogP contribution in [0, 0.1) is 6.92 Å². The number of aryl methyl sites for hydroxylation is 2. The lowest BCUT2D eigenvalue weighted by Gasteiger charge is -2.22. The molecule has 0 saturated heterocycles. The van der Waals surface area contributed by atoms with E-state index in [9.17, 15) is 0 Å². The summed E-state index contributed by atoms with van der Waals surface area (Å²) >= 11 is 5.97. The van der Waals surface area contributed by atoms with Gasteiger partial charge in [-0.15, -0.1) is 0 Å². The van der Waals surface area contributed by atoms with Crippen LogP contribution in [0.4, 0.5) is 0 Å². The van der Waals surface area contributed by atoms with Crippen LogP contribution in [0.1, 0.15) is 23.0 Å². The molecule has 0 amide bonds. The third kappa shape index (κ3) is 4.56. The van der Waals surface area contributed by atoms with Gasteiger partial charge < -0.3 is 10.2 Å². The number of likely N-dealkylation sites (N-methyl/N-ethyl adjacent to an activating group) is 1. The highest BCUT2D eigenvalue weighted by Crippen LogP contribution is 2.18. The van der Waals surface area contributed by atoms with Crippen LogP contribution in [0.3, 0.4) is 0 Å². The van der Waals surface area contributed by atoms with Gasteiger partial charge >= 0.3 is 0 Å². The van der Waals surface area contributed by atoms with Gasteiger partial charge in [-0.05, 0) is 44.8 Å². The van der Waals surface area contributed by atoms with Crippen LogP contribution in [0.15, 0.2) is 30.3 Å². The molecular formula is C16H23ClN4. The molecule has 0 spiro atoms. The fourth-order valence-electron chi connectivity index (χ4n) is 2.30. The van der Waals surface area contributed by atoms with Crippen molar-refractivity contribution in [1.82, 2.24) is 20.0 Å². The van der Waals surface area contributed by atoms with E-state index >= 15 is 0 Å². The van der Waals surface area contributed by atoms with Gasteiger partial charge in [-0.2, -0.15) is 5.10 Å². The molecule has 0 saturated carbocycles. The summed E-state index contributed by atoms with van der Waals surface area (Å²) in [6, 6.07) is 10.4. The maximum absolute atomic E-state index is 5.97. The Bertz CT molecular complexity index is 555. The van der Waals surface area contributed by atoms with Crippen LogP contribution >= 0.6 is 11.6 Å². The SMILES string of the molecule is Cc1cc(CNC(CN(C)C)c2ccc(Cl)cc2)nn1C. The number of nitrogens with zero attached hydrogens (tertiary/aromatic N) is 3. The lowest BCUT2D eigenvalue weighted by Crippen LogP contribution is -2.31. The van der Waals surface area contributed by atoms with E-state index in [0.29, 0.717) is 0 Å². The summed E-state index contributed by atoms with van der Waals surface area (Å²) in [4.78, 5) is 2.18. The molecule has 0 radical (unpaired) electrons. The summed E-state index contributed by atoms with van der Waals surface area (Å²) in [6.07, 6.45) is 0. The van der Waals surface area contributed by atoms with Crippen molar-refractivity contribution in [2.24, 2.45) is 7.05 Å². The van der Waals surface area contributed by atoms with Gasteiger partial charge in [0, 0.05) is 36.9 Å². The molecule has 1 aromatic carbocycles. The van der Waals surface area contributed by atoms with Gasteiger partial charge in [0.1, 0.15) is 0 Å². The van der Waals surface area contributed by atoms with E-state index in [1.165, 1.54) is 11.3 Å². The summed E-state index contributed by atoms with van der Waals surface area (Å²) in [6.45, 7) is 3.74. The van der Waals surface area contributed by atoms with E-state index in [4.69, 9.17) is 11.6 Å². The van der Waals surface area contributed by atoms with Gasteiger partial charge in [0.15, 0.2) is 0 Å². The van der Waals surface area contributed by atoms with Gasteiger partial charge in [0.05, 0.1) is 5.69 Å². The molecule has 1 aromatic heterocycles. The number of hydrogen-bond donors (Lipinski definition) is 1. The number of aromatic nitrogens is 2. The Labute approximate surface area is 131 Å². The Morgan fingerprint density at radius 2 is 1.95 bits per heavy atom. The molecule has 2 aromatic rings. The second kappa shape index (κ2) is 7.07. The standard InChI is InChI=1S/C16H23ClN4/c1-12-9-15(19-21(12)4)10-18-16(11-20(2)3)13-5-7-14(17)8-6-13/h5-9,16,18H,10-11H2,1-4H3. The molecule has 1 atom stereocenters. The largest absolute Gasteiger partial charge is 0.308 e. The smallest absolute Gasteiger partial charge is 0.0765 e. The van der Waals surface area contributed by atoms with E-state index in [0.717, 1.165) is 23.8 Å². The number of benzene rings is 1. The normalized spacial score (nSPS) is 12.9. The molecule has 1 N–H and O–H groups in total. The predicted molar refractivity (Wildman–Crippen MR) is 87.5 cm³/mol. The molecule has 21 heavy (non-hydrogen) atoms. The minimum Gasteiger partial charge on any atom is -0.308 e. The molecule has 4 nitrogen and oxygen atoms in total. The third-order valence-corrected chi connectivity index (χ3v) is 3.77. The zero-order valence-corrected chi connectivity index (χ0v) is 13.9. The molecule has 0 fully saturated rings. The van der Waals surface area contributed by atoms with Crippen molar-refractivity contribution in [3.8, 4) is 0 Å². The topological polar surface area (TPSA) is 33.1 Å². The van der Waals surface area contributed by atoms with Crippen molar-refractivity contribution in [3.63, 3.8) is 0 Å². The first kappa shape index (κ1) is 16.0. The Morgan fingerprint density at radius 3 is 2.48 bits per heavy atom. The van der Waals surface area contributed by atoms with Crippen LogP contribution < -0.4 is 5.32 Å². The number of rotatable bonds is 6. The fraction of sp³-hybridized carbons (Fsp3) is 0.438. The van der Waals surface area contributed by atoms with Crippen molar-refractivity contribution in [3.05, 3.63) is 52.3 Å². The van der Waals surface area contributed by atoms with E-state index in [2.05, 4.69) is 54.5 Å². The zero-order valence-electron chi connectivity index (χ0n) is 13.1. The fourth-order valence-corrected chi connectivity index (χ4v) is 2.42. The quantitative estimate of drug-likeness (QED) is 0.891. The first-order chi connectivity index (χ1) is 9.95. The second-order valence-corrected chi connectivity index (χ2v) is 6.08. The molecule has 0 aliphatic rings. The number of nitrogens with one attached hydrogen (secondary N) is 1. The average molecular weight is 307 g/mol.